The second-order valence-electron chi connectivity index (χ2n) is 9.19. The van der Waals surface area contributed by atoms with E-state index in [1.54, 1.807) is 0 Å². The maximum absolute atomic E-state index is 2.38. The highest BCUT2D eigenvalue weighted by atomic mass is 14.2. The van der Waals surface area contributed by atoms with Crippen molar-refractivity contribution in [3.8, 4) is 33.4 Å². The molecule has 0 bridgehead atoms. The summed E-state index contributed by atoms with van der Waals surface area (Å²) in [6.07, 6.45) is 0.924. The molecular formula is C34H30. The summed E-state index contributed by atoms with van der Waals surface area (Å²) in [7, 11) is 0. The first-order valence-corrected chi connectivity index (χ1v) is 12.0. The molecule has 0 unspecified atom stereocenters. The number of benzene rings is 5. The van der Waals surface area contributed by atoms with E-state index in [9.17, 15) is 0 Å². The Morgan fingerprint density at radius 2 is 0.912 bits per heavy atom. The lowest BCUT2D eigenvalue weighted by Crippen LogP contribution is -1.95. The first kappa shape index (κ1) is 21.9. The molecular weight excluding hydrogens is 408 g/mol. The summed E-state index contributed by atoms with van der Waals surface area (Å²) in [4.78, 5) is 0. The van der Waals surface area contributed by atoms with Crippen LogP contribution < -0.4 is 0 Å². The second kappa shape index (κ2) is 9.53. The van der Waals surface area contributed by atoms with Crippen molar-refractivity contribution < 1.29 is 0 Å². The average Bonchev–Trinajstić information content (AvgIpc) is 2.86. The van der Waals surface area contributed by atoms with Crippen molar-refractivity contribution in [3.05, 3.63) is 143 Å². The zero-order chi connectivity index (χ0) is 23.5. The van der Waals surface area contributed by atoms with Crippen LogP contribution >= 0.6 is 0 Å². The molecule has 0 nitrogen and oxygen atoms in total. The maximum atomic E-state index is 2.38. The van der Waals surface area contributed by atoms with Crippen molar-refractivity contribution in [1.82, 2.24) is 0 Å². The minimum atomic E-state index is 0.924. The van der Waals surface area contributed by atoms with Gasteiger partial charge in [-0.2, -0.15) is 0 Å². The Morgan fingerprint density at radius 3 is 1.56 bits per heavy atom. The van der Waals surface area contributed by atoms with Crippen LogP contribution in [0.4, 0.5) is 0 Å². The highest BCUT2D eigenvalue weighted by molar-refractivity contribution is 5.81. The predicted octanol–water partition coefficient (Wildman–Crippen LogP) is 9.20. The summed E-state index contributed by atoms with van der Waals surface area (Å²) >= 11 is 0. The van der Waals surface area contributed by atoms with E-state index in [1.807, 2.05) is 0 Å². The van der Waals surface area contributed by atoms with Gasteiger partial charge < -0.3 is 0 Å². The van der Waals surface area contributed by atoms with Crippen molar-refractivity contribution in [1.29, 1.82) is 0 Å². The average molecular weight is 439 g/mol. The second-order valence-corrected chi connectivity index (χ2v) is 9.19. The lowest BCUT2D eigenvalue weighted by atomic mass is 9.88. The first-order valence-electron chi connectivity index (χ1n) is 12.0. The van der Waals surface area contributed by atoms with Gasteiger partial charge >= 0.3 is 0 Å². The van der Waals surface area contributed by atoms with Crippen LogP contribution in [-0.4, -0.2) is 0 Å². The lowest BCUT2D eigenvalue weighted by molar-refractivity contribution is 1.19. The summed E-state index contributed by atoms with van der Waals surface area (Å²) in [6, 6.07) is 42.0. The third-order valence-corrected chi connectivity index (χ3v) is 6.79. The van der Waals surface area contributed by atoms with Crippen molar-refractivity contribution >= 4 is 0 Å². The molecule has 0 radical (unpaired) electrons. The van der Waals surface area contributed by atoms with Crippen LogP contribution in [0, 0.1) is 20.8 Å². The smallest absolute Gasteiger partial charge is 0.00196 e. The highest BCUT2D eigenvalue weighted by Crippen LogP contribution is 2.35. The number of aryl methyl sites for hydroxylation is 3. The van der Waals surface area contributed by atoms with Crippen molar-refractivity contribution in [3.63, 3.8) is 0 Å². The molecule has 0 fully saturated rings. The zero-order valence-electron chi connectivity index (χ0n) is 20.2. The van der Waals surface area contributed by atoms with Crippen LogP contribution in [-0.2, 0) is 6.42 Å². The molecule has 0 aliphatic heterocycles. The van der Waals surface area contributed by atoms with E-state index in [4.69, 9.17) is 0 Å². The lowest BCUT2D eigenvalue weighted by Gasteiger charge is -2.16. The van der Waals surface area contributed by atoms with Crippen LogP contribution in [0.1, 0.15) is 27.8 Å². The molecule has 0 atom stereocenters. The van der Waals surface area contributed by atoms with E-state index in [2.05, 4.69) is 136 Å². The fraction of sp³-hybridized carbons (Fsp3) is 0.118. The van der Waals surface area contributed by atoms with Gasteiger partial charge in [-0.25, -0.2) is 0 Å². The summed E-state index contributed by atoms with van der Waals surface area (Å²) in [5.41, 5.74) is 14.4. The van der Waals surface area contributed by atoms with Gasteiger partial charge in [-0.1, -0.05) is 103 Å². The van der Waals surface area contributed by atoms with Gasteiger partial charge in [-0.3, -0.25) is 0 Å². The molecule has 5 rings (SSSR count). The Balaban J connectivity index is 1.64. The molecule has 0 saturated heterocycles. The van der Waals surface area contributed by atoms with Gasteiger partial charge in [0.1, 0.15) is 0 Å². The van der Waals surface area contributed by atoms with Gasteiger partial charge in [0.2, 0.25) is 0 Å². The molecule has 0 aliphatic rings. The minimum Gasteiger partial charge on any atom is -0.0622 e. The Labute approximate surface area is 203 Å². The molecule has 34 heavy (non-hydrogen) atoms. The normalized spacial score (nSPS) is 10.9. The Hall–Kier alpha value is -3.90. The van der Waals surface area contributed by atoms with E-state index in [0.29, 0.717) is 0 Å². The van der Waals surface area contributed by atoms with Crippen molar-refractivity contribution in [2.75, 3.05) is 0 Å². The SMILES string of the molecule is Cc1ccccc1-c1cc(-c2ccc(Cc3ccccc3)c(-c3ccccc3C)c2)ccc1C. The standard InChI is InChI=1S/C34H30/c1-24-11-7-9-15-31(24)33-22-28(18-17-26(33)3)29-19-20-30(21-27-13-5-4-6-14-27)34(23-29)32-16-10-8-12-25(32)2/h4-20,22-23H,21H2,1-3H3. The largest absolute Gasteiger partial charge is 0.0622 e. The molecule has 0 saturated carbocycles. The van der Waals surface area contributed by atoms with Crippen LogP contribution in [0.15, 0.2) is 115 Å². The van der Waals surface area contributed by atoms with Gasteiger partial charge in [0.05, 0.1) is 0 Å². The monoisotopic (exact) mass is 438 g/mol. The van der Waals surface area contributed by atoms with Crippen LogP contribution in [0.2, 0.25) is 0 Å². The molecule has 0 aliphatic carbocycles. The van der Waals surface area contributed by atoms with Gasteiger partial charge in [0.15, 0.2) is 0 Å². The van der Waals surface area contributed by atoms with E-state index in [0.717, 1.165) is 6.42 Å². The fourth-order valence-corrected chi connectivity index (χ4v) is 4.82. The van der Waals surface area contributed by atoms with Crippen LogP contribution in [0.25, 0.3) is 33.4 Å². The van der Waals surface area contributed by atoms with Gasteiger partial charge in [-0.05, 0) is 101 Å². The number of hydrogen-bond donors (Lipinski definition) is 0. The minimum absolute atomic E-state index is 0.924. The number of hydrogen-bond acceptors (Lipinski definition) is 0. The molecule has 166 valence electrons. The van der Waals surface area contributed by atoms with E-state index in [1.165, 1.54) is 61.2 Å². The third kappa shape index (κ3) is 4.45. The molecule has 5 aromatic carbocycles. The Bertz CT molecular complexity index is 1440. The summed E-state index contributed by atoms with van der Waals surface area (Å²) in [6.45, 7) is 6.60. The van der Waals surface area contributed by atoms with Gasteiger partial charge in [-0.15, -0.1) is 0 Å². The fourth-order valence-electron chi connectivity index (χ4n) is 4.82. The Kier molecular flexibility index (Phi) is 6.14. The first-order chi connectivity index (χ1) is 16.6. The maximum Gasteiger partial charge on any atom is -0.00196 e. The van der Waals surface area contributed by atoms with Crippen LogP contribution in [0.5, 0.6) is 0 Å². The quantitative estimate of drug-likeness (QED) is 0.256. The summed E-state index contributed by atoms with van der Waals surface area (Å²) < 4.78 is 0. The molecule has 0 spiro atoms. The topological polar surface area (TPSA) is 0 Å². The van der Waals surface area contributed by atoms with Gasteiger partial charge in [0, 0.05) is 0 Å². The van der Waals surface area contributed by atoms with E-state index >= 15 is 0 Å². The molecule has 0 aromatic heterocycles. The van der Waals surface area contributed by atoms with Crippen molar-refractivity contribution in [2.24, 2.45) is 0 Å². The summed E-state index contributed by atoms with van der Waals surface area (Å²) in [5, 5.41) is 0. The van der Waals surface area contributed by atoms with E-state index < -0.39 is 0 Å². The van der Waals surface area contributed by atoms with E-state index in [-0.39, 0.29) is 0 Å². The third-order valence-electron chi connectivity index (χ3n) is 6.79. The van der Waals surface area contributed by atoms with Crippen LogP contribution in [0.3, 0.4) is 0 Å². The highest BCUT2D eigenvalue weighted by Gasteiger charge is 2.12. The zero-order valence-corrected chi connectivity index (χ0v) is 20.2. The molecule has 5 aromatic rings. The molecule has 0 heteroatoms. The molecule has 0 heterocycles. The molecule has 0 amide bonds. The van der Waals surface area contributed by atoms with Gasteiger partial charge in [0.25, 0.3) is 0 Å². The number of rotatable bonds is 5. The predicted molar refractivity (Wildman–Crippen MR) is 146 cm³/mol. The van der Waals surface area contributed by atoms with Crippen molar-refractivity contribution in [2.45, 2.75) is 27.2 Å². The Morgan fingerprint density at radius 1 is 0.412 bits per heavy atom. The summed E-state index contributed by atoms with van der Waals surface area (Å²) in [5.74, 6) is 0. The molecule has 0 N–H and O–H groups in total.